The molecular weight excluding hydrogens is 276 g/mol. The van der Waals surface area contributed by atoms with Gasteiger partial charge in [-0.15, -0.1) is 0 Å². The van der Waals surface area contributed by atoms with Crippen molar-refractivity contribution < 1.29 is 4.79 Å². The van der Waals surface area contributed by atoms with Gasteiger partial charge < -0.3 is 10.6 Å². The van der Waals surface area contributed by atoms with E-state index in [-0.39, 0.29) is 11.4 Å². The zero-order valence-electron chi connectivity index (χ0n) is 12.6. The highest BCUT2D eigenvalue weighted by atomic mass is 35.5. The average Bonchev–Trinajstić information content (AvgIpc) is 2.31. The van der Waals surface area contributed by atoms with Crippen LogP contribution in [0.4, 0.5) is 5.82 Å². The maximum Gasteiger partial charge on any atom is 0.222 e. The van der Waals surface area contributed by atoms with Crippen LogP contribution in [0.1, 0.15) is 46.1 Å². The van der Waals surface area contributed by atoms with Crippen LogP contribution in [-0.2, 0) is 11.2 Å². The Morgan fingerprint density at radius 1 is 1.35 bits per heavy atom. The summed E-state index contributed by atoms with van der Waals surface area (Å²) in [7, 11) is 0. The fraction of sp³-hybridized carbons (Fsp3) is 0.643. The maximum atomic E-state index is 11.7. The minimum absolute atomic E-state index is 0.0159. The lowest BCUT2D eigenvalue weighted by Crippen LogP contribution is -2.41. The van der Waals surface area contributed by atoms with E-state index in [4.69, 9.17) is 11.6 Å². The Bertz CT molecular complexity index is 457. The first-order valence-corrected chi connectivity index (χ1v) is 7.25. The van der Waals surface area contributed by atoms with Gasteiger partial charge in [0.05, 0.1) is 0 Å². The van der Waals surface area contributed by atoms with Gasteiger partial charge in [0.1, 0.15) is 17.3 Å². The van der Waals surface area contributed by atoms with Crippen molar-refractivity contribution in [1.82, 2.24) is 15.3 Å². The van der Waals surface area contributed by atoms with Crippen LogP contribution in [0.25, 0.3) is 0 Å². The van der Waals surface area contributed by atoms with Crippen molar-refractivity contribution in [2.75, 3.05) is 11.9 Å². The average molecular weight is 299 g/mol. The fourth-order valence-corrected chi connectivity index (χ4v) is 2.02. The maximum absolute atomic E-state index is 11.7. The fourth-order valence-electron chi connectivity index (χ4n) is 1.79. The van der Waals surface area contributed by atoms with E-state index < -0.39 is 0 Å². The Kier molecular flexibility index (Phi) is 6.20. The van der Waals surface area contributed by atoms with Crippen LogP contribution in [0.2, 0.25) is 5.15 Å². The van der Waals surface area contributed by atoms with Gasteiger partial charge in [-0.2, -0.15) is 0 Å². The molecule has 0 radical (unpaired) electrons. The smallest absolute Gasteiger partial charge is 0.222 e. The second-order valence-corrected chi connectivity index (χ2v) is 6.07. The van der Waals surface area contributed by atoms with Crippen molar-refractivity contribution >= 4 is 23.3 Å². The predicted octanol–water partition coefficient (Wildman–Crippen LogP) is 2.80. The third-order valence-corrected chi connectivity index (χ3v) is 2.88. The summed E-state index contributed by atoms with van der Waals surface area (Å²) in [5.74, 6) is 0.734. The number of nitrogens with zero attached hydrogens (tertiary/aromatic N) is 2. The van der Waals surface area contributed by atoms with Gasteiger partial charge in [0.25, 0.3) is 0 Å². The zero-order valence-corrected chi connectivity index (χ0v) is 13.3. The number of hydrogen-bond donors (Lipinski definition) is 2. The predicted molar refractivity (Wildman–Crippen MR) is 82.0 cm³/mol. The number of carbonyl (C=O) groups is 1. The number of amides is 1. The standard InChI is InChI=1S/C14H23ClN4O/c1-5-6-10-12(15)17-9-18-13(10)16-8-7-11(20)19-14(2,3)4/h9H,5-8H2,1-4H3,(H,19,20)(H,16,17,18). The van der Waals surface area contributed by atoms with E-state index in [0.717, 1.165) is 24.2 Å². The first-order chi connectivity index (χ1) is 9.33. The number of rotatable bonds is 6. The second-order valence-electron chi connectivity index (χ2n) is 5.72. The summed E-state index contributed by atoms with van der Waals surface area (Å²) in [5, 5.41) is 6.55. The van der Waals surface area contributed by atoms with Crippen molar-refractivity contribution in [3.8, 4) is 0 Å². The molecule has 2 N–H and O–H groups in total. The van der Waals surface area contributed by atoms with E-state index >= 15 is 0 Å². The molecular formula is C14H23ClN4O. The molecule has 6 heteroatoms. The van der Waals surface area contributed by atoms with Gasteiger partial charge in [-0.25, -0.2) is 9.97 Å². The molecule has 0 spiro atoms. The first kappa shape index (κ1) is 16.7. The highest BCUT2D eigenvalue weighted by Crippen LogP contribution is 2.21. The molecule has 1 aromatic rings. The zero-order chi connectivity index (χ0) is 15.2. The van der Waals surface area contributed by atoms with Crippen LogP contribution in [-0.4, -0.2) is 28.0 Å². The molecule has 1 heterocycles. The van der Waals surface area contributed by atoms with Crippen LogP contribution >= 0.6 is 11.6 Å². The van der Waals surface area contributed by atoms with Gasteiger partial charge in [0.2, 0.25) is 5.91 Å². The van der Waals surface area contributed by atoms with Crippen LogP contribution in [0.3, 0.4) is 0 Å². The van der Waals surface area contributed by atoms with Crippen molar-refractivity contribution in [2.24, 2.45) is 0 Å². The molecule has 0 bridgehead atoms. The highest BCUT2D eigenvalue weighted by molar-refractivity contribution is 6.30. The quantitative estimate of drug-likeness (QED) is 0.793. The van der Waals surface area contributed by atoms with Crippen molar-refractivity contribution in [3.05, 3.63) is 17.0 Å². The first-order valence-electron chi connectivity index (χ1n) is 6.87. The summed E-state index contributed by atoms with van der Waals surface area (Å²) in [5.41, 5.74) is 0.704. The largest absolute Gasteiger partial charge is 0.369 e. The molecule has 0 aromatic carbocycles. The summed E-state index contributed by atoms with van der Waals surface area (Å²) in [6.45, 7) is 8.47. The number of carbonyl (C=O) groups excluding carboxylic acids is 1. The van der Waals surface area contributed by atoms with Crippen molar-refractivity contribution in [1.29, 1.82) is 0 Å². The number of aromatic nitrogens is 2. The monoisotopic (exact) mass is 298 g/mol. The lowest BCUT2D eigenvalue weighted by Gasteiger charge is -2.20. The highest BCUT2D eigenvalue weighted by Gasteiger charge is 2.14. The van der Waals surface area contributed by atoms with Crippen LogP contribution < -0.4 is 10.6 Å². The third kappa shape index (κ3) is 5.74. The molecule has 1 amide bonds. The van der Waals surface area contributed by atoms with Gasteiger partial charge in [-0.3, -0.25) is 4.79 Å². The number of nitrogens with one attached hydrogen (secondary N) is 2. The molecule has 0 unspecified atom stereocenters. The van der Waals surface area contributed by atoms with E-state index in [1.165, 1.54) is 6.33 Å². The molecule has 1 aromatic heterocycles. The van der Waals surface area contributed by atoms with Crippen LogP contribution in [0, 0.1) is 0 Å². The Hall–Kier alpha value is -1.36. The number of halogens is 1. The van der Waals surface area contributed by atoms with E-state index in [1.807, 2.05) is 20.8 Å². The molecule has 1 rings (SSSR count). The van der Waals surface area contributed by atoms with Gasteiger partial charge in [0, 0.05) is 24.1 Å². The van der Waals surface area contributed by atoms with Gasteiger partial charge in [-0.1, -0.05) is 24.9 Å². The number of anilines is 1. The molecule has 0 aliphatic heterocycles. The van der Waals surface area contributed by atoms with Gasteiger partial charge >= 0.3 is 0 Å². The summed E-state index contributed by atoms with van der Waals surface area (Å²) in [6, 6.07) is 0. The van der Waals surface area contributed by atoms with Gasteiger partial charge in [0.15, 0.2) is 0 Å². The minimum atomic E-state index is -0.206. The van der Waals surface area contributed by atoms with E-state index in [1.54, 1.807) is 0 Å². The molecule has 0 atom stereocenters. The summed E-state index contributed by atoms with van der Waals surface area (Å²) >= 11 is 6.07. The minimum Gasteiger partial charge on any atom is -0.369 e. The topological polar surface area (TPSA) is 66.9 Å². The molecule has 20 heavy (non-hydrogen) atoms. The van der Waals surface area contributed by atoms with Crippen molar-refractivity contribution in [2.45, 2.75) is 52.5 Å². The molecule has 5 nitrogen and oxygen atoms in total. The van der Waals surface area contributed by atoms with Crippen LogP contribution in [0.5, 0.6) is 0 Å². The summed E-state index contributed by atoms with van der Waals surface area (Å²) in [6.07, 6.45) is 3.60. The summed E-state index contributed by atoms with van der Waals surface area (Å²) < 4.78 is 0. The van der Waals surface area contributed by atoms with Crippen molar-refractivity contribution in [3.63, 3.8) is 0 Å². The van der Waals surface area contributed by atoms with Crippen LogP contribution in [0.15, 0.2) is 6.33 Å². The molecule has 0 saturated carbocycles. The second kappa shape index (κ2) is 7.43. The van der Waals surface area contributed by atoms with E-state index in [2.05, 4.69) is 27.5 Å². The molecule has 0 aliphatic carbocycles. The normalized spacial score (nSPS) is 11.2. The Morgan fingerprint density at radius 2 is 2.05 bits per heavy atom. The lowest BCUT2D eigenvalue weighted by molar-refractivity contribution is -0.122. The molecule has 112 valence electrons. The molecule has 0 saturated heterocycles. The summed E-state index contributed by atoms with van der Waals surface area (Å²) in [4.78, 5) is 19.9. The number of hydrogen-bond acceptors (Lipinski definition) is 4. The Morgan fingerprint density at radius 3 is 2.65 bits per heavy atom. The Labute approximate surface area is 125 Å². The van der Waals surface area contributed by atoms with Gasteiger partial charge in [-0.05, 0) is 27.2 Å². The molecule has 0 aliphatic rings. The SMILES string of the molecule is CCCc1c(Cl)ncnc1NCCC(=O)NC(C)(C)C. The lowest BCUT2D eigenvalue weighted by atomic mass is 10.1. The van der Waals surface area contributed by atoms with E-state index in [9.17, 15) is 4.79 Å². The third-order valence-electron chi connectivity index (χ3n) is 2.55. The van der Waals surface area contributed by atoms with E-state index in [0.29, 0.717) is 18.1 Å². The molecule has 0 fully saturated rings. The Balaban J connectivity index is 2.54.